The summed E-state index contributed by atoms with van der Waals surface area (Å²) in [5, 5.41) is 10.8. The number of amides is 1. The number of carbonyl (C=O) groups is 2. The van der Waals surface area contributed by atoms with Gasteiger partial charge < -0.3 is 15.2 Å². The Hall–Kier alpha value is -1.19. The molecule has 2 N–H and O–H groups in total. The van der Waals surface area contributed by atoms with Crippen molar-refractivity contribution in [3.8, 4) is 0 Å². The van der Waals surface area contributed by atoms with Crippen LogP contribution in [0.15, 0.2) is 0 Å². The van der Waals surface area contributed by atoms with E-state index < -0.39 is 34.2 Å². The molecule has 0 bridgehead atoms. The van der Waals surface area contributed by atoms with Crippen molar-refractivity contribution in [2.24, 2.45) is 0 Å². The second-order valence-corrected chi connectivity index (χ2v) is 5.32. The summed E-state index contributed by atoms with van der Waals surface area (Å²) in [6.45, 7) is 0.165. The summed E-state index contributed by atoms with van der Waals surface area (Å²) in [4.78, 5) is 21.5. The molecule has 0 aliphatic carbocycles. The fraction of sp³-hybridized carbons (Fsp3) is 0.750. The number of hydrogen-bond acceptors (Lipinski definition) is 5. The molecule has 100 valence electrons. The molecule has 0 aliphatic rings. The first-order chi connectivity index (χ1) is 7.79. The minimum absolute atomic E-state index is 0.266. The van der Waals surface area contributed by atoms with Crippen LogP contribution in [0.3, 0.4) is 0 Å². The molecule has 0 fully saturated rings. The Morgan fingerprint density at radius 3 is 2.47 bits per heavy atom. The number of sulfonamides is 1. The molecule has 0 saturated carbocycles. The summed E-state index contributed by atoms with van der Waals surface area (Å²) in [5.41, 5.74) is 0. The number of rotatable bonds is 8. The largest absolute Gasteiger partial charge is 0.480 e. The molecule has 8 nitrogen and oxygen atoms in total. The Morgan fingerprint density at radius 2 is 2.00 bits per heavy atom. The van der Waals surface area contributed by atoms with Gasteiger partial charge in [0.15, 0.2) is 5.75 Å². The van der Waals surface area contributed by atoms with Crippen molar-refractivity contribution >= 4 is 21.9 Å². The van der Waals surface area contributed by atoms with Crippen LogP contribution in [0.1, 0.15) is 0 Å². The molecule has 9 heteroatoms. The fourth-order valence-corrected chi connectivity index (χ4v) is 1.76. The Balaban J connectivity index is 4.20. The average Bonchev–Trinajstić information content (AvgIpc) is 2.15. The van der Waals surface area contributed by atoms with Gasteiger partial charge in [-0.25, -0.2) is 8.42 Å². The standard InChI is InChI=1S/C8H16N2O6S/c1-10(17(14,15)6-8(12)13)5-7(11)9-3-4-16-2/h3-6H2,1-2H3,(H,9,11)(H,12,13). The zero-order valence-electron chi connectivity index (χ0n) is 9.67. The monoisotopic (exact) mass is 268 g/mol. The van der Waals surface area contributed by atoms with E-state index in [4.69, 9.17) is 9.84 Å². The highest BCUT2D eigenvalue weighted by molar-refractivity contribution is 7.89. The summed E-state index contributed by atoms with van der Waals surface area (Å²) in [7, 11) is -1.33. The van der Waals surface area contributed by atoms with Gasteiger partial charge >= 0.3 is 5.97 Å². The molecule has 0 aromatic rings. The van der Waals surface area contributed by atoms with Crippen LogP contribution in [0.4, 0.5) is 0 Å². The van der Waals surface area contributed by atoms with E-state index in [-0.39, 0.29) is 6.54 Å². The van der Waals surface area contributed by atoms with Gasteiger partial charge in [-0.3, -0.25) is 9.59 Å². The number of nitrogens with one attached hydrogen (secondary N) is 1. The van der Waals surface area contributed by atoms with Gasteiger partial charge in [-0.2, -0.15) is 4.31 Å². The van der Waals surface area contributed by atoms with Crippen molar-refractivity contribution in [2.45, 2.75) is 0 Å². The lowest BCUT2D eigenvalue weighted by molar-refractivity contribution is -0.134. The van der Waals surface area contributed by atoms with Gasteiger partial charge in [0.1, 0.15) is 0 Å². The molecule has 0 rings (SSSR count). The van der Waals surface area contributed by atoms with E-state index in [1.807, 2.05) is 0 Å². The van der Waals surface area contributed by atoms with E-state index in [0.29, 0.717) is 10.9 Å². The van der Waals surface area contributed by atoms with Crippen LogP contribution in [0.2, 0.25) is 0 Å². The smallest absolute Gasteiger partial charge is 0.320 e. The first-order valence-corrected chi connectivity index (χ1v) is 6.32. The van der Waals surface area contributed by atoms with Crippen molar-refractivity contribution in [3.63, 3.8) is 0 Å². The molecule has 1 amide bonds. The van der Waals surface area contributed by atoms with E-state index in [1.165, 1.54) is 7.11 Å². The van der Waals surface area contributed by atoms with Crippen LogP contribution in [-0.4, -0.2) is 69.3 Å². The van der Waals surface area contributed by atoms with Crippen molar-refractivity contribution in [3.05, 3.63) is 0 Å². The summed E-state index contributed by atoms with van der Waals surface area (Å²) in [6.07, 6.45) is 0. The Bertz CT molecular complexity index is 366. The van der Waals surface area contributed by atoms with Gasteiger partial charge in [-0.05, 0) is 0 Å². The lowest BCUT2D eigenvalue weighted by Gasteiger charge is -2.15. The lowest BCUT2D eigenvalue weighted by atomic mass is 10.5. The third-order valence-corrected chi connectivity index (χ3v) is 3.47. The molecule has 17 heavy (non-hydrogen) atoms. The van der Waals surface area contributed by atoms with Gasteiger partial charge in [-0.15, -0.1) is 0 Å². The number of carbonyl (C=O) groups excluding carboxylic acids is 1. The lowest BCUT2D eigenvalue weighted by Crippen LogP contribution is -2.41. The summed E-state index contributed by atoms with van der Waals surface area (Å²) in [5.74, 6) is -3.01. The van der Waals surface area contributed by atoms with Gasteiger partial charge in [-0.1, -0.05) is 0 Å². The highest BCUT2D eigenvalue weighted by atomic mass is 32.2. The second-order valence-electron chi connectivity index (χ2n) is 3.25. The predicted molar refractivity (Wildman–Crippen MR) is 58.9 cm³/mol. The zero-order valence-corrected chi connectivity index (χ0v) is 10.5. The van der Waals surface area contributed by atoms with Crippen LogP contribution in [0.5, 0.6) is 0 Å². The summed E-state index contributed by atoms with van der Waals surface area (Å²) in [6, 6.07) is 0. The van der Waals surface area contributed by atoms with Gasteiger partial charge in [0.25, 0.3) is 0 Å². The normalized spacial score (nSPS) is 11.5. The molecular weight excluding hydrogens is 252 g/mol. The molecule has 0 atom stereocenters. The summed E-state index contributed by atoms with van der Waals surface area (Å²) >= 11 is 0. The number of ether oxygens (including phenoxy) is 1. The van der Waals surface area contributed by atoms with E-state index in [9.17, 15) is 18.0 Å². The maximum Gasteiger partial charge on any atom is 0.320 e. The molecular formula is C8H16N2O6S. The number of likely N-dealkylation sites (N-methyl/N-ethyl adjacent to an activating group) is 1. The molecule has 0 heterocycles. The van der Waals surface area contributed by atoms with Crippen molar-refractivity contribution in [1.82, 2.24) is 9.62 Å². The highest BCUT2D eigenvalue weighted by Crippen LogP contribution is 1.97. The van der Waals surface area contributed by atoms with Gasteiger partial charge in [0, 0.05) is 20.7 Å². The number of hydrogen-bond donors (Lipinski definition) is 2. The van der Waals surface area contributed by atoms with Crippen LogP contribution in [-0.2, 0) is 24.3 Å². The molecule has 0 aromatic heterocycles. The molecule has 0 unspecified atom stereocenters. The highest BCUT2D eigenvalue weighted by Gasteiger charge is 2.23. The van der Waals surface area contributed by atoms with Gasteiger partial charge in [0.2, 0.25) is 15.9 Å². The minimum Gasteiger partial charge on any atom is -0.480 e. The SMILES string of the molecule is COCCNC(=O)CN(C)S(=O)(=O)CC(=O)O. The third-order valence-electron chi connectivity index (χ3n) is 1.78. The van der Waals surface area contributed by atoms with Crippen LogP contribution in [0.25, 0.3) is 0 Å². The Kier molecular flexibility index (Phi) is 6.69. The fourth-order valence-electron chi connectivity index (χ4n) is 0.915. The van der Waals surface area contributed by atoms with Crippen molar-refractivity contribution < 1.29 is 27.9 Å². The molecule has 0 saturated heterocycles. The number of nitrogens with zero attached hydrogens (tertiary/aromatic N) is 1. The zero-order chi connectivity index (χ0) is 13.5. The third kappa shape index (κ3) is 6.87. The maximum atomic E-state index is 11.3. The van der Waals surface area contributed by atoms with Crippen LogP contribution in [0, 0.1) is 0 Å². The molecule has 0 spiro atoms. The van der Waals surface area contributed by atoms with Crippen LogP contribution >= 0.6 is 0 Å². The minimum atomic E-state index is -3.94. The van der Waals surface area contributed by atoms with Crippen LogP contribution < -0.4 is 5.32 Å². The topological polar surface area (TPSA) is 113 Å². The average molecular weight is 268 g/mol. The van der Waals surface area contributed by atoms with E-state index in [1.54, 1.807) is 0 Å². The first kappa shape index (κ1) is 15.8. The quantitative estimate of drug-likeness (QED) is 0.497. The summed E-state index contributed by atoms with van der Waals surface area (Å²) < 4.78 is 28.1. The van der Waals surface area contributed by atoms with Crippen molar-refractivity contribution in [2.75, 3.05) is 39.6 Å². The van der Waals surface area contributed by atoms with Crippen molar-refractivity contribution in [1.29, 1.82) is 0 Å². The van der Waals surface area contributed by atoms with Gasteiger partial charge in [0.05, 0.1) is 13.2 Å². The van der Waals surface area contributed by atoms with E-state index in [2.05, 4.69) is 5.32 Å². The predicted octanol–water partition coefficient (Wildman–Crippen LogP) is -1.90. The first-order valence-electron chi connectivity index (χ1n) is 4.71. The Labute approximate surface area is 99.6 Å². The van der Waals surface area contributed by atoms with E-state index >= 15 is 0 Å². The molecule has 0 aromatic carbocycles. The number of methoxy groups -OCH3 is 1. The maximum absolute atomic E-state index is 11.3. The number of carboxylic acids is 1. The number of aliphatic carboxylic acids is 1. The van der Waals surface area contributed by atoms with E-state index in [0.717, 1.165) is 7.05 Å². The molecule has 0 aliphatic heterocycles. The molecule has 0 radical (unpaired) electrons. The second kappa shape index (κ2) is 7.20. The Morgan fingerprint density at radius 1 is 1.41 bits per heavy atom. The number of carboxylic acid groups (broad SMARTS) is 1.